The van der Waals surface area contributed by atoms with Crippen LogP contribution in [0.4, 0.5) is 0 Å². The van der Waals surface area contributed by atoms with Crippen LogP contribution >= 0.6 is 0 Å². The van der Waals surface area contributed by atoms with E-state index >= 15 is 0 Å². The van der Waals surface area contributed by atoms with Crippen molar-refractivity contribution in [1.82, 2.24) is 20.0 Å². The monoisotopic (exact) mass is 278 g/mol. The Balaban J connectivity index is 2.00. The molecule has 1 aromatic heterocycles. The van der Waals surface area contributed by atoms with Crippen molar-refractivity contribution in [2.24, 2.45) is 13.0 Å². The third kappa shape index (κ3) is 3.83. The number of aromatic nitrogens is 2. The summed E-state index contributed by atoms with van der Waals surface area (Å²) in [6.07, 6.45) is 9.44. The van der Waals surface area contributed by atoms with Gasteiger partial charge in [0.15, 0.2) is 0 Å². The predicted molar refractivity (Wildman–Crippen MR) is 83.6 cm³/mol. The van der Waals surface area contributed by atoms with E-state index in [-0.39, 0.29) is 0 Å². The molecular formula is C16H30N4. The molecule has 3 unspecified atom stereocenters. The van der Waals surface area contributed by atoms with Gasteiger partial charge in [-0.25, -0.2) is 0 Å². The third-order valence-corrected chi connectivity index (χ3v) is 4.73. The van der Waals surface area contributed by atoms with Crippen molar-refractivity contribution in [3.63, 3.8) is 0 Å². The predicted octanol–water partition coefficient (Wildman–Crippen LogP) is 2.41. The molecule has 3 atom stereocenters. The molecule has 4 heteroatoms. The van der Waals surface area contributed by atoms with E-state index in [1.54, 1.807) is 0 Å². The molecule has 20 heavy (non-hydrogen) atoms. The minimum Gasteiger partial charge on any atom is -0.313 e. The number of rotatable bonds is 6. The fraction of sp³-hybridized carbons (Fsp3) is 0.812. The molecule has 0 saturated heterocycles. The summed E-state index contributed by atoms with van der Waals surface area (Å²) in [6.45, 7) is 6.61. The average molecular weight is 278 g/mol. The standard InChI is InChI=1S/C16H30N4/c1-5-13-7-8-15(17-6-2)16(9-13)19(3)11-14-10-18-20(4)12-14/h10,12-13,15-17H,5-9,11H2,1-4H3. The molecule has 1 N–H and O–H groups in total. The lowest BCUT2D eigenvalue weighted by atomic mass is 9.80. The van der Waals surface area contributed by atoms with Gasteiger partial charge < -0.3 is 5.32 Å². The van der Waals surface area contributed by atoms with Gasteiger partial charge in [0.1, 0.15) is 0 Å². The Kier molecular flexibility index (Phi) is 5.61. The molecule has 0 bridgehead atoms. The van der Waals surface area contributed by atoms with Gasteiger partial charge in [-0.3, -0.25) is 9.58 Å². The fourth-order valence-electron chi connectivity index (χ4n) is 3.55. The van der Waals surface area contributed by atoms with Crippen LogP contribution in [-0.4, -0.2) is 40.4 Å². The highest BCUT2D eigenvalue weighted by molar-refractivity contribution is 5.04. The summed E-state index contributed by atoms with van der Waals surface area (Å²) < 4.78 is 1.89. The van der Waals surface area contributed by atoms with Crippen LogP contribution in [0.3, 0.4) is 0 Å². The first-order chi connectivity index (χ1) is 9.63. The van der Waals surface area contributed by atoms with Crippen molar-refractivity contribution in [3.8, 4) is 0 Å². The van der Waals surface area contributed by atoms with Crippen LogP contribution in [0.1, 0.15) is 45.1 Å². The average Bonchev–Trinajstić information content (AvgIpc) is 2.84. The number of aryl methyl sites for hydroxylation is 1. The van der Waals surface area contributed by atoms with Gasteiger partial charge in [-0.2, -0.15) is 5.10 Å². The van der Waals surface area contributed by atoms with Gasteiger partial charge >= 0.3 is 0 Å². The van der Waals surface area contributed by atoms with Crippen LogP contribution in [0.25, 0.3) is 0 Å². The number of hydrogen-bond acceptors (Lipinski definition) is 3. The highest BCUT2D eigenvalue weighted by Crippen LogP contribution is 2.30. The molecule has 0 amide bonds. The summed E-state index contributed by atoms with van der Waals surface area (Å²) in [5.74, 6) is 0.895. The van der Waals surface area contributed by atoms with Gasteiger partial charge in [-0.1, -0.05) is 20.3 Å². The smallest absolute Gasteiger partial charge is 0.0534 e. The summed E-state index contributed by atoms with van der Waals surface area (Å²) in [5.41, 5.74) is 1.31. The van der Waals surface area contributed by atoms with Crippen molar-refractivity contribution < 1.29 is 0 Å². The first-order valence-corrected chi connectivity index (χ1v) is 8.05. The number of nitrogens with zero attached hydrogens (tertiary/aromatic N) is 3. The maximum atomic E-state index is 4.28. The van der Waals surface area contributed by atoms with E-state index in [1.807, 2.05) is 17.9 Å². The molecule has 0 aliphatic heterocycles. The Labute approximate surface area is 123 Å². The third-order valence-electron chi connectivity index (χ3n) is 4.73. The van der Waals surface area contributed by atoms with E-state index in [9.17, 15) is 0 Å². The Bertz CT molecular complexity index is 401. The molecular weight excluding hydrogens is 248 g/mol. The normalized spacial score (nSPS) is 27.1. The Hall–Kier alpha value is -0.870. The molecule has 2 rings (SSSR count). The molecule has 1 heterocycles. The molecule has 114 valence electrons. The van der Waals surface area contributed by atoms with Crippen LogP contribution < -0.4 is 5.32 Å². The molecule has 1 saturated carbocycles. The number of hydrogen-bond donors (Lipinski definition) is 1. The molecule has 4 nitrogen and oxygen atoms in total. The zero-order chi connectivity index (χ0) is 14.5. The Morgan fingerprint density at radius 1 is 1.40 bits per heavy atom. The largest absolute Gasteiger partial charge is 0.313 e. The Morgan fingerprint density at radius 2 is 2.20 bits per heavy atom. The lowest BCUT2D eigenvalue weighted by Gasteiger charge is -2.41. The van der Waals surface area contributed by atoms with Gasteiger partial charge in [-0.05, 0) is 38.8 Å². The summed E-state index contributed by atoms with van der Waals surface area (Å²) >= 11 is 0. The second-order valence-electron chi connectivity index (χ2n) is 6.26. The van der Waals surface area contributed by atoms with E-state index < -0.39 is 0 Å². The molecule has 0 radical (unpaired) electrons. The van der Waals surface area contributed by atoms with E-state index in [0.717, 1.165) is 19.0 Å². The van der Waals surface area contributed by atoms with Crippen molar-refractivity contribution in [1.29, 1.82) is 0 Å². The molecule has 1 aliphatic rings. The minimum absolute atomic E-state index is 0.643. The second-order valence-corrected chi connectivity index (χ2v) is 6.26. The van der Waals surface area contributed by atoms with Crippen LogP contribution in [0.2, 0.25) is 0 Å². The van der Waals surface area contributed by atoms with Crippen molar-refractivity contribution in [2.75, 3.05) is 13.6 Å². The van der Waals surface area contributed by atoms with E-state index in [4.69, 9.17) is 0 Å². The zero-order valence-electron chi connectivity index (χ0n) is 13.5. The summed E-state index contributed by atoms with van der Waals surface area (Å²) in [5, 5.41) is 7.96. The van der Waals surface area contributed by atoms with Crippen molar-refractivity contribution >= 4 is 0 Å². The lowest BCUT2D eigenvalue weighted by Crippen LogP contribution is -2.51. The van der Waals surface area contributed by atoms with Gasteiger partial charge in [0.05, 0.1) is 6.20 Å². The highest BCUT2D eigenvalue weighted by Gasteiger charge is 2.31. The minimum atomic E-state index is 0.643. The van der Waals surface area contributed by atoms with Gasteiger partial charge in [0, 0.05) is 37.4 Å². The maximum Gasteiger partial charge on any atom is 0.0534 e. The van der Waals surface area contributed by atoms with Crippen molar-refractivity contribution in [3.05, 3.63) is 18.0 Å². The molecule has 1 fully saturated rings. The topological polar surface area (TPSA) is 33.1 Å². The second kappa shape index (κ2) is 7.23. The molecule has 1 aliphatic carbocycles. The zero-order valence-corrected chi connectivity index (χ0v) is 13.5. The molecule has 0 spiro atoms. The first kappa shape index (κ1) is 15.5. The van der Waals surface area contributed by atoms with Crippen molar-refractivity contribution in [2.45, 2.75) is 58.2 Å². The first-order valence-electron chi connectivity index (χ1n) is 8.05. The van der Waals surface area contributed by atoms with Crippen LogP contribution in [-0.2, 0) is 13.6 Å². The fourth-order valence-corrected chi connectivity index (χ4v) is 3.55. The highest BCUT2D eigenvalue weighted by atomic mass is 15.2. The number of likely N-dealkylation sites (N-methyl/N-ethyl adjacent to an activating group) is 2. The molecule has 0 aromatic carbocycles. The van der Waals surface area contributed by atoms with Gasteiger partial charge in [0.25, 0.3) is 0 Å². The molecule has 1 aromatic rings. The summed E-state index contributed by atoms with van der Waals surface area (Å²) in [7, 11) is 4.25. The van der Waals surface area contributed by atoms with Crippen LogP contribution in [0.15, 0.2) is 12.4 Å². The van der Waals surface area contributed by atoms with Crippen LogP contribution in [0, 0.1) is 5.92 Å². The van der Waals surface area contributed by atoms with Gasteiger partial charge in [0.2, 0.25) is 0 Å². The van der Waals surface area contributed by atoms with E-state index in [0.29, 0.717) is 12.1 Å². The van der Waals surface area contributed by atoms with E-state index in [2.05, 4.69) is 42.4 Å². The summed E-state index contributed by atoms with van der Waals surface area (Å²) in [4.78, 5) is 2.52. The van der Waals surface area contributed by atoms with Crippen LogP contribution in [0.5, 0.6) is 0 Å². The SMILES string of the molecule is CCNC1CCC(CC)CC1N(C)Cc1cnn(C)c1. The van der Waals surface area contributed by atoms with Gasteiger partial charge in [-0.15, -0.1) is 0 Å². The quantitative estimate of drug-likeness (QED) is 0.867. The number of nitrogens with one attached hydrogen (secondary N) is 1. The lowest BCUT2D eigenvalue weighted by molar-refractivity contribution is 0.113. The van der Waals surface area contributed by atoms with E-state index in [1.165, 1.54) is 31.2 Å². The maximum absolute atomic E-state index is 4.28. The summed E-state index contributed by atoms with van der Waals surface area (Å²) in [6, 6.07) is 1.29. The Morgan fingerprint density at radius 3 is 2.80 bits per heavy atom.